The number of nitrogens with two attached hydrogens (primary N) is 1. The van der Waals surface area contributed by atoms with Gasteiger partial charge in [-0.3, -0.25) is 4.79 Å². The molecule has 1 rings (SSSR count). The van der Waals surface area contributed by atoms with Gasteiger partial charge in [0.05, 0.1) is 10.3 Å². The monoisotopic (exact) mass is 356 g/mol. The minimum atomic E-state index is -0.413. The normalized spacial score (nSPS) is 12.5. The molecule has 0 fully saturated rings. The van der Waals surface area contributed by atoms with Crippen LogP contribution in [-0.4, -0.2) is 23.2 Å². The molecule has 1 unspecified atom stereocenters. The van der Waals surface area contributed by atoms with E-state index < -0.39 is 5.54 Å². The molecule has 1 aromatic carbocycles. The van der Waals surface area contributed by atoms with Crippen molar-refractivity contribution in [3.05, 3.63) is 28.2 Å². The third-order valence-corrected chi connectivity index (χ3v) is 4.37. The van der Waals surface area contributed by atoms with Crippen LogP contribution < -0.4 is 11.1 Å². The minimum Gasteiger partial charge on any atom is -0.349 e. The van der Waals surface area contributed by atoms with Crippen LogP contribution in [0.3, 0.4) is 0 Å². The Hall–Kier alpha value is -0.130. The Morgan fingerprint density at radius 3 is 2.60 bits per heavy atom. The number of rotatable bonds is 5. The first-order valence-corrected chi connectivity index (χ1v) is 7.52. The summed E-state index contributed by atoms with van der Waals surface area (Å²) in [6.45, 7) is 5.97. The van der Waals surface area contributed by atoms with Gasteiger partial charge in [-0.25, -0.2) is 0 Å². The van der Waals surface area contributed by atoms with Crippen LogP contribution in [0.5, 0.6) is 0 Å². The number of hydrogen-bond acceptors (Lipinski definition) is 3. The molecule has 0 saturated carbocycles. The lowest BCUT2D eigenvalue weighted by atomic mass is 10.1. The van der Waals surface area contributed by atoms with Gasteiger partial charge in [0.25, 0.3) is 0 Å². The summed E-state index contributed by atoms with van der Waals surface area (Å²) < 4.78 is 0. The average Bonchev–Trinajstić information content (AvgIpc) is 2.33. The third kappa shape index (κ3) is 6.10. The second-order valence-corrected chi connectivity index (χ2v) is 7.14. The number of nitrogens with one attached hydrogen (secondary N) is 1. The quantitative estimate of drug-likeness (QED) is 0.789. The molecule has 0 spiro atoms. The highest BCUT2D eigenvalue weighted by atomic mass is 35.5. The van der Waals surface area contributed by atoms with Crippen LogP contribution in [0.1, 0.15) is 20.8 Å². The van der Waals surface area contributed by atoms with Crippen LogP contribution >= 0.6 is 47.4 Å². The number of benzene rings is 1. The average molecular weight is 358 g/mol. The van der Waals surface area contributed by atoms with Crippen molar-refractivity contribution in [1.82, 2.24) is 5.32 Å². The van der Waals surface area contributed by atoms with Crippen molar-refractivity contribution in [3.8, 4) is 0 Å². The number of thioether (sulfide) groups is 1. The molecule has 0 heterocycles. The van der Waals surface area contributed by atoms with Crippen molar-refractivity contribution in [3.63, 3.8) is 0 Å². The summed E-state index contributed by atoms with van der Waals surface area (Å²) in [7, 11) is 0. The highest BCUT2D eigenvalue weighted by Gasteiger charge is 2.23. The van der Waals surface area contributed by atoms with Gasteiger partial charge in [-0.1, -0.05) is 23.2 Å². The molecule has 3 nitrogen and oxygen atoms in total. The molecule has 7 heteroatoms. The van der Waals surface area contributed by atoms with Gasteiger partial charge in [0.2, 0.25) is 5.91 Å². The summed E-state index contributed by atoms with van der Waals surface area (Å²) in [5.41, 5.74) is 5.18. The zero-order chi connectivity index (χ0) is 14.6. The Morgan fingerprint density at radius 1 is 1.45 bits per heavy atom. The zero-order valence-corrected chi connectivity index (χ0v) is 14.7. The molecule has 1 atom stereocenters. The second-order valence-electron chi connectivity index (χ2n) is 4.91. The lowest BCUT2D eigenvalue weighted by Gasteiger charge is -2.26. The van der Waals surface area contributed by atoms with Crippen molar-refractivity contribution < 1.29 is 4.79 Å². The summed E-state index contributed by atoms with van der Waals surface area (Å²) >= 11 is 13.4. The van der Waals surface area contributed by atoms with E-state index in [4.69, 9.17) is 28.9 Å². The first-order valence-electron chi connectivity index (χ1n) is 5.89. The third-order valence-electron chi connectivity index (χ3n) is 2.54. The van der Waals surface area contributed by atoms with Crippen molar-refractivity contribution in [1.29, 1.82) is 0 Å². The standard InChI is InChI=1S/C13H18Cl2N2OS.ClH/c1-8(12(18)17-13(2,3)7-16)19-11-6-9(14)4-5-10(11)15;/h4-6,8H,7,16H2,1-3H3,(H,17,18);1H. The number of carbonyl (C=O) groups is 1. The Labute approximate surface area is 140 Å². The second kappa shape index (κ2) is 8.35. The van der Waals surface area contributed by atoms with E-state index in [-0.39, 0.29) is 23.6 Å². The maximum atomic E-state index is 12.1. The highest BCUT2D eigenvalue weighted by Crippen LogP contribution is 2.32. The SMILES string of the molecule is CC(Sc1cc(Cl)ccc1Cl)C(=O)NC(C)(C)CN.Cl. The van der Waals surface area contributed by atoms with Crippen LogP contribution in [-0.2, 0) is 4.79 Å². The Bertz CT molecular complexity index is 469. The molecule has 0 aliphatic carbocycles. The molecular weight excluding hydrogens is 339 g/mol. The van der Waals surface area contributed by atoms with Crippen LogP contribution in [0.25, 0.3) is 0 Å². The van der Waals surface area contributed by atoms with E-state index in [9.17, 15) is 4.79 Å². The van der Waals surface area contributed by atoms with Gasteiger partial charge in [-0.15, -0.1) is 24.2 Å². The summed E-state index contributed by atoms with van der Waals surface area (Å²) in [4.78, 5) is 12.8. The summed E-state index contributed by atoms with van der Waals surface area (Å²) in [6.07, 6.45) is 0. The Balaban J connectivity index is 0.00000361. The molecule has 114 valence electrons. The topological polar surface area (TPSA) is 55.1 Å². The maximum Gasteiger partial charge on any atom is 0.233 e. The van der Waals surface area contributed by atoms with E-state index in [1.54, 1.807) is 18.2 Å². The van der Waals surface area contributed by atoms with Gasteiger partial charge in [-0.05, 0) is 39.0 Å². The van der Waals surface area contributed by atoms with Gasteiger partial charge in [0, 0.05) is 22.0 Å². The van der Waals surface area contributed by atoms with Crippen molar-refractivity contribution in [2.75, 3.05) is 6.54 Å². The number of amides is 1. The van der Waals surface area contributed by atoms with Gasteiger partial charge < -0.3 is 11.1 Å². The molecule has 1 amide bonds. The van der Waals surface area contributed by atoms with Gasteiger partial charge >= 0.3 is 0 Å². The number of hydrogen-bond donors (Lipinski definition) is 2. The summed E-state index contributed by atoms with van der Waals surface area (Å²) in [5, 5.41) is 3.81. The largest absolute Gasteiger partial charge is 0.349 e. The van der Waals surface area contributed by atoms with Crippen LogP contribution in [0.15, 0.2) is 23.1 Å². The lowest BCUT2D eigenvalue weighted by molar-refractivity contribution is -0.121. The molecule has 0 bridgehead atoms. The summed E-state index contributed by atoms with van der Waals surface area (Å²) in [6, 6.07) is 5.20. The van der Waals surface area contributed by atoms with Crippen molar-refractivity contribution >= 4 is 53.3 Å². The maximum absolute atomic E-state index is 12.1. The van der Waals surface area contributed by atoms with E-state index in [0.29, 0.717) is 16.6 Å². The molecule has 0 radical (unpaired) electrons. The molecule has 1 aromatic rings. The number of carbonyl (C=O) groups excluding carboxylic acids is 1. The van der Waals surface area contributed by atoms with Crippen molar-refractivity contribution in [2.45, 2.75) is 36.5 Å². The van der Waals surface area contributed by atoms with E-state index in [2.05, 4.69) is 5.32 Å². The van der Waals surface area contributed by atoms with Crippen LogP contribution in [0.2, 0.25) is 10.0 Å². The van der Waals surface area contributed by atoms with E-state index in [1.807, 2.05) is 20.8 Å². The minimum absolute atomic E-state index is 0. The van der Waals surface area contributed by atoms with Gasteiger partial charge in [0.15, 0.2) is 0 Å². The molecule has 0 aromatic heterocycles. The smallest absolute Gasteiger partial charge is 0.233 e. The van der Waals surface area contributed by atoms with E-state index in [1.165, 1.54) is 11.8 Å². The predicted molar refractivity (Wildman–Crippen MR) is 90.3 cm³/mol. The molecular formula is C13H19Cl3N2OS. The summed E-state index contributed by atoms with van der Waals surface area (Å²) in [5.74, 6) is -0.0727. The Kier molecular flexibility index (Phi) is 8.29. The predicted octanol–water partition coefficient (Wildman–Crippen LogP) is 3.75. The molecule has 3 N–H and O–H groups in total. The zero-order valence-electron chi connectivity index (χ0n) is 11.6. The Morgan fingerprint density at radius 2 is 2.05 bits per heavy atom. The number of halogens is 3. The molecule has 20 heavy (non-hydrogen) atoms. The fraction of sp³-hybridized carbons (Fsp3) is 0.462. The highest BCUT2D eigenvalue weighted by molar-refractivity contribution is 8.00. The van der Waals surface area contributed by atoms with E-state index >= 15 is 0 Å². The fourth-order valence-electron chi connectivity index (χ4n) is 1.30. The van der Waals surface area contributed by atoms with Gasteiger partial charge in [0.1, 0.15) is 0 Å². The van der Waals surface area contributed by atoms with Crippen LogP contribution in [0.4, 0.5) is 0 Å². The first kappa shape index (κ1) is 19.9. The molecule has 0 aliphatic rings. The van der Waals surface area contributed by atoms with E-state index in [0.717, 1.165) is 4.90 Å². The lowest BCUT2D eigenvalue weighted by Crippen LogP contribution is -2.51. The van der Waals surface area contributed by atoms with Crippen molar-refractivity contribution in [2.24, 2.45) is 5.73 Å². The van der Waals surface area contributed by atoms with Crippen LogP contribution in [0, 0.1) is 0 Å². The first-order chi connectivity index (χ1) is 8.75. The van der Waals surface area contributed by atoms with Gasteiger partial charge in [-0.2, -0.15) is 0 Å². The fourth-order valence-corrected chi connectivity index (χ4v) is 2.71. The molecule has 0 saturated heterocycles. The molecule has 0 aliphatic heterocycles.